The Morgan fingerprint density at radius 3 is 1.97 bits per heavy atom. The van der Waals surface area contributed by atoms with Crippen molar-refractivity contribution in [2.24, 2.45) is 0 Å². The lowest BCUT2D eigenvalue weighted by atomic mass is 9.78. The molecule has 0 aromatic heterocycles. The minimum absolute atomic E-state index is 0.206. The van der Waals surface area contributed by atoms with Crippen LogP contribution in [-0.2, 0) is 22.2 Å². The van der Waals surface area contributed by atoms with E-state index in [1.165, 1.54) is 0 Å². The lowest BCUT2D eigenvalue weighted by Crippen LogP contribution is -2.25. The molecule has 3 aromatic rings. The SMILES string of the molecule is COCc1cc(C(C)(C)C)c(OC(=O)Nc2ccc3ccccc3c2)c(C(C)(C)C)c1. The van der Waals surface area contributed by atoms with Crippen LogP contribution in [0.1, 0.15) is 58.2 Å². The molecule has 0 heterocycles. The van der Waals surface area contributed by atoms with Crippen LogP contribution in [0.2, 0.25) is 0 Å². The van der Waals surface area contributed by atoms with E-state index >= 15 is 0 Å². The van der Waals surface area contributed by atoms with Crippen molar-refractivity contribution in [2.45, 2.75) is 59.0 Å². The number of fused-ring (bicyclic) bond motifs is 1. The zero-order valence-electron chi connectivity index (χ0n) is 19.6. The van der Waals surface area contributed by atoms with Gasteiger partial charge in [-0.05, 0) is 51.4 Å². The predicted molar refractivity (Wildman–Crippen MR) is 128 cm³/mol. The fraction of sp³-hybridized carbons (Fsp3) is 0.370. The summed E-state index contributed by atoms with van der Waals surface area (Å²) in [7, 11) is 1.69. The molecule has 0 fully saturated rings. The average Bonchev–Trinajstić information content (AvgIpc) is 2.67. The van der Waals surface area contributed by atoms with Crippen molar-refractivity contribution in [3.05, 3.63) is 71.3 Å². The molecule has 0 aliphatic rings. The Balaban J connectivity index is 1.98. The molecule has 0 unspecified atom stereocenters. The summed E-state index contributed by atoms with van der Waals surface area (Å²) in [5.74, 6) is 0.623. The fourth-order valence-corrected chi connectivity index (χ4v) is 3.67. The van der Waals surface area contributed by atoms with E-state index in [1.807, 2.05) is 42.5 Å². The number of anilines is 1. The maximum atomic E-state index is 12.9. The maximum absolute atomic E-state index is 12.9. The van der Waals surface area contributed by atoms with Crippen molar-refractivity contribution in [3.8, 4) is 5.75 Å². The summed E-state index contributed by atoms with van der Waals surface area (Å²) in [5.41, 5.74) is 3.33. The van der Waals surface area contributed by atoms with E-state index in [-0.39, 0.29) is 10.8 Å². The number of benzene rings is 3. The van der Waals surface area contributed by atoms with Crippen molar-refractivity contribution < 1.29 is 14.3 Å². The summed E-state index contributed by atoms with van der Waals surface area (Å²) in [5, 5.41) is 5.08. The minimum atomic E-state index is -0.495. The highest BCUT2D eigenvalue weighted by molar-refractivity contribution is 5.92. The van der Waals surface area contributed by atoms with Gasteiger partial charge >= 0.3 is 6.09 Å². The Labute approximate surface area is 185 Å². The molecule has 1 amide bonds. The maximum Gasteiger partial charge on any atom is 0.417 e. The third kappa shape index (κ3) is 5.45. The van der Waals surface area contributed by atoms with Crippen LogP contribution in [-0.4, -0.2) is 13.2 Å². The van der Waals surface area contributed by atoms with Gasteiger partial charge in [-0.2, -0.15) is 0 Å². The van der Waals surface area contributed by atoms with Gasteiger partial charge in [0, 0.05) is 23.9 Å². The zero-order chi connectivity index (χ0) is 22.8. The molecule has 4 heteroatoms. The normalized spacial score (nSPS) is 12.1. The summed E-state index contributed by atoms with van der Waals surface area (Å²) in [4.78, 5) is 12.9. The summed E-state index contributed by atoms with van der Waals surface area (Å²) in [6, 6.07) is 18.0. The third-order valence-corrected chi connectivity index (χ3v) is 5.27. The van der Waals surface area contributed by atoms with Crippen LogP contribution >= 0.6 is 0 Å². The standard InChI is InChI=1S/C27H33NO3/c1-26(2,3)22-14-18(17-30-7)15-23(27(4,5)6)24(22)31-25(29)28-21-13-12-19-10-8-9-11-20(19)16-21/h8-16H,17H2,1-7H3,(H,28,29). The number of carbonyl (C=O) groups excluding carboxylic acids is 1. The van der Waals surface area contributed by atoms with Crippen molar-refractivity contribution in [1.82, 2.24) is 0 Å². The molecule has 3 aromatic carbocycles. The Morgan fingerprint density at radius 1 is 0.839 bits per heavy atom. The second-order valence-electron chi connectivity index (χ2n) is 10.0. The van der Waals surface area contributed by atoms with E-state index in [4.69, 9.17) is 9.47 Å². The molecule has 0 bridgehead atoms. The number of rotatable bonds is 4. The summed E-state index contributed by atoms with van der Waals surface area (Å²) >= 11 is 0. The molecule has 164 valence electrons. The number of carbonyl (C=O) groups is 1. The average molecular weight is 420 g/mol. The lowest BCUT2D eigenvalue weighted by molar-refractivity contribution is 0.184. The van der Waals surface area contributed by atoms with Crippen LogP contribution in [0, 0.1) is 0 Å². The van der Waals surface area contributed by atoms with Gasteiger partial charge < -0.3 is 9.47 Å². The van der Waals surface area contributed by atoms with Gasteiger partial charge in [-0.15, -0.1) is 0 Å². The molecular formula is C27H33NO3. The highest BCUT2D eigenvalue weighted by atomic mass is 16.6. The molecule has 0 saturated carbocycles. The first kappa shape index (κ1) is 22.8. The molecule has 31 heavy (non-hydrogen) atoms. The number of methoxy groups -OCH3 is 1. The molecular weight excluding hydrogens is 386 g/mol. The lowest BCUT2D eigenvalue weighted by Gasteiger charge is -2.30. The Bertz CT molecular complexity index is 1050. The van der Waals surface area contributed by atoms with Crippen molar-refractivity contribution >= 4 is 22.6 Å². The van der Waals surface area contributed by atoms with Crippen LogP contribution in [0.25, 0.3) is 10.8 Å². The van der Waals surface area contributed by atoms with Crippen molar-refractivity contribution in [1.29, 1.82) is 0 Å². The molecule has 0 saturated heterocycles. The van der Waals surface area contributed by atoms with Gasteiger partial charge in [0.25, 0.3) is 0 Å². The van der Waals surface area contributed by atoms with Gasteiger partial charge in [-0.25, -0.2) is 4.79 Å². The smallest absolute Gasteiger partial charge is 0.409 e. The number of hydrogen-bond acceptors (Lipinski definition) is 3. The Hall–Kier alpha value is -2.85. The number of ether oxygens (including phenoxy) is 2. The third-order valence-electron chi connectivity index (χ3n) is 5.27. The first-order chi connectivity index (χ1) is 14.5. The minimum Gasteiger partial charge on any atom is -0.409 e. The number of nitrogens with one attached hydrogen (secondary N) is 1. The molecule has 0 radical (unpaired) electrons. The quantitative estimate of drug-likeness (QED) is 0.487. The molecule has 0 atom stereocenters. The first-order valence-corrected chi connectivity index (χ1v) is 10.6. The fourth-order valence-electron chi connectivity index (χ4n) is 3.67. The van der Waals surface area contributed by atoms with E-state index < -0.39 is 6.09 Å². The van der Waals surface area contributed by atoms with E-state index in [2.05, 4.69) is 59.0 Å². The predicted octanol–water partition coefficient (Wildman–Crippen LogP) is 7.19. The highest BCUT2D eigenvalue weighted by Crippen LogP contribution is 2.41. The van der Waals surface area contributed by atoms with Gasteiger partial charge in [-0.1, -0.05) is 71.9 Å². The van der Waals surface area contributed by atoms with Crippen LogP contribution in [0.5, 0.6) is 5.75 Å². The van der Waals surface area contributed by atoms with Crippen LogP contribution < -0.4 is 10.1 Å². The van der Waals surface area contributed by atoms with Crippen LogP contribution in [0.4, 0.5) is 10.5 Å². The monoisotopic (exact) mass is 419 g/mol. The zero-order valence-corrected chi connectivity index (χ0v) is 19.6. The van der Waals surface area contributed by atoms with Gasteiger partial charge in [0.1, 0.15) is 5.75 Å². The summed E-state index contributed by atoms with van der Waals surface area (Å²) in [6.45, 7) is 13.3. The van der Waals surface area contributed by atoms with Gasteiger partial charge in [0.05, 0.1) is 6.61 Å². The molecule has 4 nitrogen and oxygen atoms in total. The van der Waals surface area contributed by atoms with Crippen molar-refractivity contribution in [2.75, 3.05) is 12.4 Å². The largest absolute Gasteiger partial charge is 0.417 e. The van der Waals surface area contributed by atoms with E-state index in [0.29, 0.717) is 18.0 Å². The Kier molecular flexibility index (Phi) is 6.42. The molecule has 0 aliphatic heterocycles. The van der Waals surface area contributed by atoms with Crippen LogP contribution in [0.15, 0.2) is 54.6 Å². The second-order valence-corrected chi connectivity index (χ2v) is 10.0. The van der Waals surface area contributed by atoms with Gasteiger partial charge in [0.15, 0.2) is 0 Å². The van der Waals surface area contributed by atoms with E-state index in [1.54, 1.807) is 7.11 Å². The second kappa shape index (κ2) is 8.72. The topological polar surface area (TPSA) is 47.6 Å². The highest BCUT2D eigenvalue weighted by Gasteiger charge is 2.29. The molecule has 1 N–H and O–H groups in total. The summed E-state index contributed by atoms with van der Waals surface area (Å²) < 4.78 is 11.4. The van der Waals surface area contributed by atoms with Gasteiger partial charge in [0.2, 0.25) is 0 Å². The molecule has 0 spiro atoms. The molecule has 0 aliphatic carbocycles. The number of amides is 1. The Morgan fingerprint density at radius 2 is 1.42 bits per heavy atom. The number of hydrogen-bond donors (Lipinski definition) is 1. The molecule has 3 rings (SSSR count). The van der Waals surface area contributed by atoms with E-state index in [9.17, 15) is 4.79 Å². The van der Waals surface area contributed by atoms with E-state index in [0.717, 1.165) is 27.5 Å². The van der Waals surface area contributed by atoms with Gasteiger partial charge in [-0.3, -0.25) is 5.32 Å². The first-order valence-electron chi connectivity index (χ1n) is 10.6. The van der Waals surface area contributed by atoms with Crippen LogP contribution in [0.3, 0.4) is 0 Å². The van der Waals surface area contributed by atoms with Crippen molar-refractivity contribution in [3.63, 3.8) is 0 Å². The summed E-state index contributed by atoms with van der Waals surface area (Å²) in [6.07, 6.45) is -0.495.